The molecule has 0 aliphatic carbocycles. The lowest BCUT2D eigenvalue weighted by atomic mass is 10.2. The molecule has 3 nitrogen and oxygen atoms in total. The Kier molecular flexibility index (Phi) is 3.05. The highest BCUT2D eigenvalue weighted by molar-refractivity contribution is 5.10. The lowest BCUT2D eigenvalue weighted by Gasteiger charge is -2.13. The van der Waals surface area contributed by atoms with Gasteiger partial charge in [-0.2, -0.15) is 0 Å². The van der Waals surface area contributed by atoms with Crippen molar-refractivity contribution < 1.29 is 0 Å². The largest absolute Gasteiger partial charge is 0.336 e. The number of imidazole rings is 1. The molecule has 0 saturated heterocycles. The molecular weight excluding hydrogens is 150 g/mol. The number of hydrogen-bond acceptors (Lipinski definition) is 2. The lowest BCUT2D eigenvalue weighted by Crippen LogP contribution is -2.20. The molecule has 1 heterocycles. The van der Waals surface area contributed by atoms with E-state index in [0.717, 1.165) is 12.2 Å². The number of aromatic nitrogens is 2. The summed E-state index contributed by atoms with van der Waals surface area (Å²) in [4.78, 5) is 4.05. The Bertz CT molecular complexity index is 252. The third-order valence-electron chi connectivity index (χ3n) is 1.83. The van der Waals surface area contributed by atoms with Crippen LogP contribution in [-0.4, -0.2) is 16.1 Å². The van der Waals surface area contributed by atoms with Crippen molar-refractivity contribution in [3.8, 4) is 0 Å². The summed E-state index contributed by atoms with van der Waals surface area (Å²) < 4.78 is 2.00. The first-order chi connectivity index (χ1) is 5.79. The van der Waals surface area contributed by atoms with Crippen LogP contribution in [0.1, 0.15) is 18.7 Å². The summed E-state index contributed by atoms with van der Waals surface area (Å²) in [6.45, 7) is 6.78. The highest BCUT2D eigenvalue weighted by atomic mass is 15.1. The maximum Gasteiger partial charge on any atom is 0.0946 e. The van der Waals surface area contributed by atoms with Gasteiger partial charge in [0.05, 0.1) is 24.3 Å². The van der Waals surface area contributed by atoms with Gasteiger partial charge in [-0.1, -0.05) is 13.0 Å². The minimum absolute atomic E-state index is 0.211. The van der Waals surface area contributed by atoms with Crippen molar-refractivity contribution in [1.29, 1.82) is 0 Å². The zero-order valence-electron chi connectivity index (χ0n) is 7.62. The van der Waals surface area contributed by atoms with Crippen LogP contribution in [0.15, 0.2) is 25.2 Å². The Hall–Kier alpha value is -1.09. The van der Waals surface area contributed by atoms with E-state index in [1.54, 1.807) is 6.33 Å². The second-order valence-electron chi connectivity index (χ2n) is 2.70. The monoisotopic (exact) mass is 165 g/mol. The van der Waals surface area contributed by atoms with Crippen molar-refractivity contribution in [2.45, 2.75) is 13.0 Å². The molecular formula is C9H15N3. The van der Waals surface area contributed by atoms with Gasteiger partial charge in [0.15, 0.2) is 0 Å². The minimum Gasteiger partial charge on any atom is -0.336 e. The summed E-state index contributed by atoms with van der Waals surface area (Å²) >= 11 is 0. The first-order valence-electron chi connectivity index (χ1n) is 4.11. The number of rotatable bonds is 4. The van der Waals surface area contributed by atoms with Crippen molar-refractivity contribution >= 4 is 0 Å². The molecule has 66 valence electrons. The van der Waals surface area contributed by atoms with Crippen LogP contribution in [0, 0.1) is 0 Å². The summed E-state index contributed by atoms with van der Waals surface area (Å²) in [5.74, 6) is 0. The zero-order chi connectivity index (χ0) is 8.97. The topological polar surface area (TPSA) is 29.9 Å². The molecule has 0 amide bonds. The molecule has 3 heteroatoms. The van der Waals surface area contributed by atoms with Crippen molar-refractivity contribution in [2.24, 2.45) is 7.05 Å². The molecule has 0 fully saturated rings. The standard InChI is InChI=1S/C9H15N3/c1-4-8(11-5-2)9-6-10-7-12(9)3/h4,6-8,11H,1,5H2,2-3H3. The molecule has 0 radical (unpaired) electrons. The highest BCUT2D eigenvalue weighted by Crippen LogP contribution is 2.11. The molecule has 0 saturated carbocycles. The second-order valence-corrected chi connectivity index (χ2v) is 2.70. The van der Waals surface area contributed by atoms with Gasteiger partial charge in [0, 0.05) is 7.05 Å². The van der Waals surface area contributed by atoms with Crippen LogP contribution in [0.4, 0.5) is 0 Å². The van der Waals surface area contributed by atoms with E-state index in [-0.39, 0.29) is 6.04 Å². The average Bonchev–Trinajstić information content (AvgIpc) is 2.47. The van der Waals surface area contributed by atoms with Gasteiger partial charge in [0.25, 0.3) is 0 Å². The van der Waals surface area contributed by atoms with E-state index in [0.29, 0.717) is 0 Å². The highest BCUT2D eigenvalue weighted by Gasteiger charge is 2.08. The Balaban J connectivity index is 2.79. The van der Waals surface area contributed by atoms with E-state index in [2.05, 4.69) is 23.8 Å². The van der Waals surface area contributed by atoms with E-state index in [1.807, 2.05) is 23.9 Å². The molecule has 12 heavy (non-hydrogen) atoms. The predicted molar refractivity (Wildman–Crippen MR) is 49.8 cm³/mol. The van der Waals surface area contributed by atoms with E-state index >= 15 is 0 Å². The van der Waals surface area contributed by atoms with Crippen molar-refractivity contribution in [3.63, 3.8) is 0 Å². The van der Waals surface area contributed by atoms with Gasteiger partial charge in [0.2, 0.25) is 0 Å². The van der Waals surface area contributed by atoms with E-state index in [4.69, 9.17) is 0 Å². The zero-order valence-corrected chi connectivity index (χ0v) is 7.62. The van der Waals surface area contributed by atoms with Crippen LogP contribution in [-0.2, 0) is 7.05 Å². The maximum absolute atomic E-state index is 4.05. The van der Waals surface area contributed by atoms with Gasteiger partial charge >= 0.3 is 0 Å². The SMILES string of the molecule is C=CC(NCC)c1cncn1C. The predicted octanol–water partition coefficient (Wildman–Crippen LogP) is 1.26. The fraction of sp³-hybridized carbons (Fsp3) is 0.444. The average molecular weight is 165 g/mol. The smallest absolute Gasteiger partial charge is 0.0946 e. The maximum atomic E-state index is 4.05. The van der Waals surface area contributed by atoms with Gasteiger partial charge in [-0.15, -0.1) is 6.58 Å². The molecule has 0 aliphatic rings. The molecule has 1 aromatic rings. The Labute approximate surface area is 73.1 Å². The quantitative estimate of drug-likeness (QED) is 0.681. The first-order valence-corrected chi connectivity index (χ1v) is 4.11. The van der Waals surface area contributed by atoms with Crippen molar-refractivity contribution in [1.82, 2.24) is 14.9 Å². The number of nitrogens with one attached hydrogen (secondary N) is 1. The Morgan fingerprint density at radius 3 is 3.00 bits per heavy atom. The molecule has 0 spiro atoms. The summed E-state index contributed by atoms with van der Waals surface area (Å²) in [7, 11) is 1.98. The van der Waals surface area contributed by atoms with Crippen molar-refractivity contribution in [2.75, 3.05) is 6.54 Å². The fourth-order valence-electron chi connectivity index (χ4n) is 1.20. The molecule has 1 aromatic heterocycles. The number of aryl methyl sites for hydroxylation is 1. The molecule has 1 atom stereocenters. The number of likely N-dealkylation sites (N-methyl/N-ethyl adjacent to an activating group) is 1. The van der Waals surface area contributed by atoms with Crippen LogP contribution in [0.2, 0.25) is 0 Å². The minimum atomic E-state index is 0.211. The van der Waals surface area contributed by atoms with Crippen LogP contribution in [0.5, 0.6) is 0 Å². The first kappa shape index (κ1) is 9.00. The van der Waals surface area contributed by atoms with Gasteiger partial charge in [-0.25, -0.2) is 4.98 Å². The third kappa shape index (κ3) is 1.74. The molecule has 1 rings (SSSR count). The molecule has 0 bridgehead atoms. The van der Waals surface area contributed by atoms with Gasteiger partial charge in [-0.05, 0) is 6.54 Å². The Morgan fingerprint density at radius 2 is 2.58 bits per heavy atom. The van der Waals surface area contributed by atoms with Crippen LogP contribution < -0.4 is 5.32 Å². The van der Waals surface area contributed by atoms with Crippen LogP contribution >= 0.6 is 0 Å². The summed E-state index contributed by atoms with van der Waals surface area (Å²) in [6, 6.07) is 0.211. The van der Waals surface area contributed by atoms with E-state index < -0.39 is 0 Å². The lowest BCUT2D eigenvalue weighted by molar-refractivity contribution is 0.610. The summed E-state index contributed by atoms with van der Waals surface area (Å²) in [6.07, 6.45) is 5.54. The number of hydrogen-bond donors (Lipinski definition) is 1. The summed E-state index contributed by atoms with van der Waals surface area (Å²) in [5, 5.41) is 3.30. The van der Waals surface area contributed by atoms with Gasteiger partial charge in [-0.3, -0.25) is 0 Å². The second kappa shape index (κ2) is 4.07. The summed E-state index contributed by atoms with van der Waals surface area (Å²) in [5.41, 5.74) is 1.15. The fourth-order valence-corrected chi connectivity index (χ4v) is 1.20. The molecule has 1 N–H and O–H groups in total. The van der Waals surface area contributed by atoms with Gasteiger partial charge < -0.3 is 9.88 Å². The molecule has 0 aliphatic heterocycles. The van der Waals surface area contributed by atoms with Crippen molar-refractivity contribution in [3.05, 3.63) is 30.9 Å². The van der Waals surface area contributed by atoms with Crippen LogP contribution in [0.25, 0.3) is 0 Å². The van der Waals surface area contributed by atoms with Crippen LogP contribution in [0.3, 0.4) is 0 Å². The number of nitrogens with zero attached hydrogens (tertiary/aromatic N) is 2. The normalized spacial score (nSPS) is 12.8. The van der Waals surface area contributed by atoms with Gasteiger partial charge in [0.1, 0.15) is 0 Å². The van der Waals surface area contributed by atoms with E-state index in [9.17, 15) is 0 Å². The molecule has 1 unspecified atom stereocenters. The molecule has 0 aromatic carbocycles. The third-order valence-corrected chi connectivity index (χ3v) is 1.83. The Morgan fingerprint density at radius 1 is 1.83 bits per heavy atom. The van der Waals surface area contributed by atoms with E-state index in [1.165, 1.54) is 0 Å².